The Balaban J connectivity index is 2.26. The van der Waals surface area contributed by atoms with Gasteiger partial charge in [0.05, 0.1) is 14.9 Å². The molecule has 0 unspecified atom stereocenters. The topological polar surface area (TPSA) is 50.3 Å². The number of halogens is 3. The lowest BCUT2D eigenvalue weighted by Crippen LogP contribution is -2.26. The number of benzene rings is 1. The highest BCUT2D eigenvalue weighted by atomic mass is 35.5. The van der Waals surface area contributed by atoms with Crippen LogP contribution in [-0.4, -0.2) is 24.8 Å². The molecule has 0 spiro atoms. The molecule has 0 fully saturated rings. The van der Waals surface area contributed by atoms with Gasteiger partial charge in [-0.25, -0.2) is 13.4 Å². The second kappa shape index (κ2) is 6.50. The van der Waals surface area contributed by atoms with Gasteiger partial charge in [-0.15, -0.1) is 0 Å². The third kappa shape index (κ3) is 3.87. The summed E-state index contributed by atoms with van der Waals surface area (Å²) in [4.78, 5) is 3.86. The molecule has 1 heterocycles. The summed E-state index contributed by atoms with van der Waals surface area (Å²) in [6.45, 7) is 0.166. The van der Waals surface area contributed by atoms with Gasteiger partial charge in [-0.05, 0) is 29.8 Å². The number of hydrogen-bond acceptors (Lipinski definition) is 3. The van der Waals surface area contributed by atoms with Crippen molar-refractivity contribution in [1.29, 1.82) is 0 Å². The zero-order valence-electron chi connectivity index (χ0n) is 10.9. The summed E-state index contributed by atoms with van der Waals surface area (Å²) in [7, 11) is -2.17. The van der Waals surface area contributed by atoms with Crippen LogP contribution in [0, 0.1) is 0 Å². The SMILES string of the molecule is CN(Cc1ccc(Cl)c(Cl)c1)S(=O)(=O)c1ccnc(Cl)c1. The largest absolute Gasteiger partial charge is 0.244 e. The number of sulfonamides is 1. The van der Waals surface area contributed by atoms with E-state index in [1.54, 1.807) is 18.2 Å². The van der Waals surface area contributed by atoms with E-state index in [0.717, 1.165) is 5.56 Å². The zero-order chi connectivity index (χ0) is 15.6. The van der Waals surface area contributed by atoms with Crippen molar-refractivity contribution in [3.63, 3.8) is 0 Å². The van der Waals surface area contributed by atoms with Crippen LogP contribution in [-0.2, 0) is 16.6 Å². The minimum atomic E-state index is -3.65. The van der Waals surface area contributed by atoms with E-state index in [9.17, 15) is 8.42 Å². The molecule has 112 valence electrons. The third-order valence-electron chi connectivity index (χ3n) is 2.80. The maximum absolute atomic E-state index is 12.4. The van der Waals surface area contributed by atoms with Gasteiger partial charge in [-0.1, -0.05) is 40.9 Å². The molecule has 0 N–H and O–H groups in total. The van der Waals surface area contributed by atoms with Crippen molar-refractivity contribution in [3.05, 3.63) is 57.3 Å². The molecule has 0 radical (unpaired) electrons. The van der Waals surface area contributed by atoms with E-state index in [4.69, 9.17) is 34.8 Å². The van der Waals surface area contributed by atoms with E-state index in [-0.39, 0.29) is 16.6 Å². The van der Waals surface area contributed by atoms with Crippen LogP contribution >= 0.6 is 34.8 Å². The maximum Gasteiger partial charge on any atom is 0.243 e. The van der Waals surface area contributed by atoms with E-state index in [1.807, 2.05) is 0 Å². The van der Waals surface area contributed by atoms with Crippen molar-refractivity contribution in [2.24, 2.45) is 0 Å². The molecule has 1 aromatic carbocycles. The highest BCUT2D eigenvalue weighted by Crippen LogP contribution is 2.24. The summed E-state index contributed by atoms with van der Waals surface area (Å²) in [6, 6.07) is 7.69. The van der Waals surface area contributed by atoms with Gasteiger partial charge < -0.3 is 0 Å². The minimum Gasteiger partial charge on any atom is -0.244 e. The first-order chi connectivity index (χ1) is 9.80. The first-order valence-electron chi connectivity index (χ1n) is 5.82. The molecule has 1 aromatic heterocycles. The van der Waals surface area contributed by atoms with Crippen LogP contribution in [0.25, 0.3) is 0 Å². The predicted octanol–water partition coefficient (Wildman–Crippen LogP) is 3.86. The lowest BCUT2D eigenvalue weighted by molar-refractivity contribution is 0.466. The Morgan fingerprint density at radius 3 is 2.43 bits per heavy atom. The van der Waals surface area contributed by atoms with Gasteiger partial charge in [0.2, 0.25) is 10.0 Å². The third-order valence-corrected chi connectivity index (χ3v) is 5.54. The Bertz CT molecular complexity index is 766. The van der Waals surface area contributed by atoms with Crippen LogP contribution in [0.15, 0.2) is 41.4 Å². The van der Waals surface area contributed by atoms with Crippen LogP contribution < -0.4 is 0 Å². The van der Waals surface area contributed by atoms with Crippen LogP contribution in [0.1, 0.15) is 5.56 Å². The quantitative estimate of drug-likeness (QED) is 0.773. The van der Waals surface area contributed by atoms with Crippen molar-refractivity contribution in [2.45, 2.75) is 11.4 Å². The van der Waals surface area contributed by atoms with Gasteiger partial charge in [0, 0.05) is 19.8 Å². The predicted molar refractivity (Wildman–Crippen MR) is 84.4 cm³/mol. The molecule has 0 saturated heterocycles. The number of aromatic nitrogens is 1. The monoisotopic (exact) mass is 364 g/mol. The molecule has 8 heteroatoms. The lowest BCUT2D eigenvalue weighted by Gasteiger charge is -2.17. The van der Waals surface area contributed by atoms with Crippen molar-refractivity contribution in [3.8, 4) is 0 Å². The zero-order valence-corrected chi connectivity index (χ0v) is 14.0. The van der Waals surface area contributed by atoms with Crippen molar-refractivity contribution >= 4 is 44.8 Å². The summed E-state index contributed by atoms with van der Waals surface area (Å²) in [5.74, 6) is 0. The van der Waals surface area contributed by atoms with Gasteiger partial charge >= 0.3 is 0 Å². The highest BCUT2D eigenvalue weighted by Gasteiger charge is 2.21. The molecule has 4 nitrogen and oxygen atoms in total. The van der Waals surface area contributed by atoms with Gasteiger partial charge in [0.25, 0.3) is 0 Å². The first-order valence-corrected chi connectivity index (χ1v) is 8.40. The van der Waals surface area contributed by atoms with E-state index < -0.39 is 10.0 Å². The van der Waals surface area contributed by atoms with Crippen molar-refractivity contribution < 1.29 is 8.42 Å². The molecule has 0 bridgehead atoms. The maximum atomic E-state index is 12.4. The molecular formula is C13H11Cl3N2O2S. The number of rotatable bonds is 4. The van der Waals surface area contributed by atoms with Crippen LogP contribution in [0.3, 0.4) is 0 Å². The molecule has 0 saturated carbocycles. The summed E-state index contributed by atoms with van der Waals surface area (Å²) in [5.41, 5.74) is 0.732. The van der Waals surface area contributed by atoms with Gasteiger partial charge in [-0.3, -0.25) is 0 Å². The second-order valence-electron chi connectivity index (χ2n) is 4.32. The molecular weight excluding hydrogens is 355 g/mol. The molecule has 0 amide bonds. The summed E-state index contributed by atoms with van der Waals surface area (Å²) < 4.78 is 26.0. The Kier molecular flexibility index (Phi) is 5.11. The number of hydrogen-bond donors (Lipinski definition) is 0. The van der Waals surface area contributed by atoms with Gasteiger partial charge in [0.15, 0.2) is 0 Å². The fraction of sp³-hybridized carbons (Fsp3) is 0.154. The van der Waals surface area contributed by atoms with Crippen molar-refractivity contribution in [1.82, 2.24) is 9.29 Å². The van der Waals surface area contributed by atoms with E-state index >= 15 is 0 Å². The number of pyridine rings is 1. The fourth-order valence-electron chi connectivity index (χ4n) is 1.71. The molecule has 0 aliphatic carbocycles. The Morgan fingerprint density at radius 2 is 1.81 bits per heavy atom. The van der Waals surface area contributed by atoms with Gasteiger partial charge in [-0.2, -0.15) is 4.31 Å². The first kappa shape index (κ1) is 16.5. The smallest absolute Gasteiger partial charge is 0.243 e. The van der Waals surface area contributed by atoms with E-state index in [1.165, 1.54) is 29.7 Å². The Morgan fingerprint density at radius 1 is 1.10 bits per heavy atom. The van der Waals surface area contributed by atoms with E-state index in [0.29, 0.717) is 10.0 Å². The molecule has 0 aliphatic rings. The average molecular weight is 366 g/mol. The number of nitrogens with zero attached hydrogens (tertiary/aromatic N) is 2. The molecule has 21 heavy (non-hydrogen) atoms. The fourth-order valence-corrected chi connectivity index (χ4v) is 3.44. The summed E-state index contributed by atoms with van der Waals surface area (Å²) >= 11 is 17.5. The highest BCUT2D eigenvalue weighted by molar-refractivity contribution is 7.89. The van der Waals surface area contributed by atoms with Crippen LogP contribution in [0.2, 0.25) is 15.2 Å². The Hall–Kier alpha value is -0.850. The summed E-state index contributed by atoms with van der Waals surface area (Å²) in [5, 5.41) is 0.928. The van der Waals surface area contributed by atoms with Gasteiger partial charge in [0.1, 0.15) is 5.15 Å². The Labute approximate surface area is 138 Å². The molecule has 0 aliphatic heterocycles. The average Bonchev–Trinajstić information content (AvgIpc) is 2.43. The molecule has 0 atom stereocenters. The summed E-state index contributed by atoms with van der Waals surface area (Å²) in [6.07, 6.45) is 1.35. The molecule has 2 aromatic rings. The van der Waals surface area contributed by atoms with Crippen LogP contribution in [0.4, 0.5) is 0 Å². The lowest BCUT2D eigenvalue weighted by atomic mass is 10.2. The normalized spacial score (nSPS) is 11.9. The standard InChI is InChI=1S/C13H11Cl3N2O2S/c1-18(8-9-2-3-11(14)12(15)6-9)21(19,20)10-4-5-17-13(16)7-10/h2-7H,8H2,1H3. The van der Waals surface area contributed by atoms with Crippen LogP contribution in [0.5, 0.6) is 0 Å². The van der Waals surface area contributed by atoms with Crippen molar-refractivity contribution in [2.75, 3.05) is 7.05 Å². The van der Waals surface area contributed by atoms with E-state index in [2.05, 4.69) is 4.98 Å². The minimum absolute atomic E-state index is 0.0880. The second-order valence-corrected chi connectivity index (χ2v) is 7.57. The molecule has 2 rings (SSSR count).